The van der Waals surface area contributed by atoms with Crippen molar-refractivity contribution in [2.75, 3.05) is 0 Å². The summed E-state index contributed by atoms with van der Waals surface area (Å²) in [5.41, 5.74) is 0.725. The molecular weight excluding hydrogens is 290 g/mol. The van der Waals surface area contributed by atoms with Gasteiger partial charge in [0, 0.05) is 10.5 Å². The molecule has 3 atom stereocenters. The molecule has 1 aliphatic carbocycles. The van der Waals surface area contributed by atoms with Gasteiger partial charge in [-0.05, 0) is 46.3 Å². The van der Waals surface area contributed by atoms with Crippen LogP contribution >= 0.6 is 15.9 Å². The molecule has 18 heavy (non-hydrogen) atoms. The first kappa shape index (κ1) is 13.6. The van der Waals surface area contributed by atoms with Crippen LogP contribution in [0, 0.1) is 11.8 Å². The minimum atomic E-state index is 0.0356. The molecule has 0 aromatic heterocycles. The van der Waals surface area contributed by atoms with Crippen molar-refractivity contribution in [3.05, 3.63) is 34.3 Å². The van der Waals surface area contributed by atoms with E-state index in [-0.39, 0.29) is 5.91 Å². The number of amides is 1. The first-order valence-corrected chi connectivity index (χ1v) is 7.44. The Bertz CT molecular complexity index is 432. The predicted molar refractivity (Wildman–Crippen MR) is 77.6 cm³/mol. The van der Waals surface area contributed by atoms with Crippen LogP contribution in [0.2, 0.25) is 0 Å². The number of carbonyl (C=O) groups excluding carboxylic acids is 1. The highest BCUT2D eigenvalue weighted by molar-refractivity contribution is 9.10. The molecule has 1 aliphatic rings. The lowest BCUT2D eigenvalue weighted by molar-refractivity contribution is 0.0890. The van der Waals surface area contributed by atoms with Crippen molar-refractivity contribution in [2.45, 2.75) is 39.2 Å². The number of nitrogens with one attached hydrogen (secondary N) is 1. The van der Waals surface area contributed by atoms with Gasteiger partial charge in [0.15, 0.2) is 0 Å². The van der Waals surface area contributed by atoms with Crippen molar-refractivity contribution in [1.82, 2.24) is 5.32 Å². The summed E-state index contributed by atoms with van der Waals surface area (Å²) in [4.78, 5) is 12.2. The maximum atomic E-state index is 12.2. The van der Waals surface area contributed by atoms with Crippen LogP contribution in [-0.4, -0.2) is 11.9 Å². The van der Waals surface area contributed by atoms with Crippen LogP contribution in [0.3, 0.4) is 0 Å². The monoisotopic (exact) mass is 309 g/mol. The van der Waals surface area contributed by atoms with E-state index in [0.29, 0.717) is 17.9 Å². The molecular formula is C15H20BrNO. The zero-order valence-corrected chi connectivity index (χ0v) is 12.5. The molecule has 1 amide bonds. The van der Waals surface area contributed by atoms with Crippen molar-refractivity contribution >= 4 is 21.8 Å². The Labute approximate surface area is 117 Å². The van der Waals surface area contributed by atoms with E-state index < -0.39 is 0 Å². The SMILES string of the molecule is C[C@H]1[C@H](C)CCC[C@@H]1NC(=O)c1ccccc1Br. The van der Waals surface area contributed by atoms with Crippen molar-refractivity contribution in [1.29, 1.82) is 0 Å². The third kappa shape index (κ3) is 2.94. The highest BCUT2D eigenvalue weighted by Gasteiger charge is 2.28. The lowest BCUT2D eigenvalue weighted by Crippen LogP contribution is -2.43. The van der Waals surface area contributed by atoms with Gasteiger partial charge in [-0.25, -0.2) is 0 Å². The summed E-state index contributed by atoms with van der Waals surface area (Å²) >= 11 is 3.43. The molecule has 1 saturated carbocycles. The highest BCUT2D eigenvalue weighted by Crippen LogP contribution is 2.29. The fourth-order valence-corrected chi connectivity index (χ4v) is 3.14. The minimum absolute atomic E-state index is 0.0356. The van der Waals surface area contributed by atoms with Gasteiger partial charge < -0.3 is 5.32 Å². The summed E-state index contributed by atoms with van der Waals surface area (Å²) in [7, 11) is 0. The molecule has 98 valence electrons. The zero-order valence-electron chi connectivity index (χ0n) is 10.9. The van der Waals surface area contributed by atoms with Crippen LogP contribution < -0.4 is 5.32 Å². The Morgan fingerprint density at radius 2 is 2.00 bits per heavy atom. The summed E-state index contributed by atoms with van der Waals surface area (Å²) in [5.74, 6) is 1.29. The van der Waals surface area contributed by atoms with Crippen LogP contribution in [0.25, 0.3) is 0 Å². The van der Waals surface area contributed by atoms with Crippen LogP contribution in [0.1, 0.15) is 43.5 Å². The third-order valence-electron chi connectivity index (χ3n) is 4.14. The predicted octanol–water partition coefficient (Wildman–Crippen LogP) is 4.00. The number of carbonyl (C=O) groups is 1. The van der Waals surface area contributed by atoms with Gasteiger partial charge in [0.2, 0.25) is 0 Å². The molecule has 0 saturated heterocycles. The molecule has 1 aromatic rings. The molecule has 0 unspecified atom stereocenters. The second kappa shape index (κ2) is 5.87. The molecule has 0 spiro atoms. The fraction of sp³-hybridized carbons (Fsp3) is 0.533. The van der Waals surface area contributed by atoms with Crippen molar-refractivity contribution in [2.24, 2.45) is 11.8 Å². The average molecular weight is 310 g/mol. The van der Waals surface area contributed by atoms with Gasteiger partial charge in [-0.15, -0.1) is 0 Å². The molecule has 2 rings (SSSR count). The quantitative estimate of drug-likeness (QED) is 0.879. The van der Waals surface area contributed by atoms with E-state index in [4.69, 9.17) is 0 Å². The van der Waals surface area contributed by atoms with Crippen LogP contribution in [0.4, 0.5) is 0 Å². The summed E-state index contributed by atoms with van der Waals surface area (Å²) in [5, 5.41) is 3.19. The number of hydrogen-bond donors (Lipinski definition) is 1. The van der Waals surface area contributed by atoms with Gasteiger partial charge in [-0.3, -0.25) is 4.79 Å². The molecule has 2 nitrogen and oxygen atoms in total. The van der Waals surface area contributed by atoms with E-state index in [9.17, 15) is 4.79 Å². The van der Waals surface area contributed by atoms with Crippen LogP contribution in [-0.2, 0) is 0 Å². The number of hydrogen-bond acceptors (Lipinski definition) is 1. The molecule has 0 bridgehead atoms. The maximum Gasteiger partial charge on any atom is 0.252 e. The van der Waals surface area contributed by atoms with E-state index in [2.05, 4.69) is 35.1 Å². The van der Waals surface area contributed by atoms with Gasteiger partial charge in [-0.1, -0.05) is 38.8 Å². The van der Waals surface area contributed by atoms with Crippen molar-refractivity contribution < 1.29 is 4.79 Å². The van der Waals surface area contributed by atoms with E-state index >= 15 is 0 Å². The maximum absolute atomic E-state index is 12.2. The van der Waals surface area contributed by atoms with Gasteiger partial charge in [0.1, 0.15) is 0 Å². The second-order valence-corrected chi connectivity index (χ2v) is 6.18. The van der Waals surface area contributed by atoms with Gasteiger partial charge in [0.05, 0.1) is 5.56 Å². The van der Waals surface area contributed by atoms with Crippen molar-refractivity contribution in [3.8, 4) is 0 Å². The van der Waals surface area contributed by atoms with Crippen LogP contribution in [0.15, 0.2) is 28.7 Å². The molecule has 0 aliphatic heterocycles. The summed E-state index contributed by atoms with van der Waals surface area (Å²) in [6.07, 6.45) is 3.59. The Morgan fingerprint density at radius 3 is 2.72 bits per heavy atom. The van der Waals surface area contributed by atoms with Gasteiger partial charge >= 0.3 is 0 Å². The lowest BCUT2D eigenvalue weighted by Gasteiger charge is -2.34. The fourth-order valence-electron chi connectivity index (χ4n) is 2.68. The number of benzene rings is 1. The lowest BCUT2D eigenvalue weighted by atomic mass is 9.78. The second-order valence-electron chi connectivity index (χ2n) is 5.33. The van der Waals surface area contributed by atoms with E-state index in [1.807, 2.05) is 24.3 Å². The Morgan fingerprint density at radius 1 is 1.28 bits per heavy atom. The van der Waals surface area contributed by atoms with E-state index in [0.717, 1.165) is 16.5 Å². The topological polar surface area (TPSA) is 29.1 Å². The molecule has 3 heteroatoms. The van der Waals surface area contributed by atoms with Crippen LogP contribution in [0.5, 0.6) is 0 Å². The summed E-state index contributed by atoms with van der Waals surface area (Å²) < 4.78 is 0.860. The minimum Gasteiger partial charge on any atom is -0.349 e. The molecule has 1 aromatic carbocycles. The molecule has 0 radical (unpaired) electrons. The van der Waals surface area contributed by atoms with E-state index in [1.54, 1.807) is 0 Å². The average Bonchev–Trinajstić information content (AvgIpc) is 2.35. The number of halogens is 1. The smallest absolute Gasteiger partial charge is 0.252 e. The molecule has 1 N–H and O–H groups in total. The standard InChI is InChI=1S/C15H20BrNO/c1-10-6-5-9-14(11(10)2)17-15(18)12-7-3-4-8-13(12)16/h3-4,7-8,10-11,14H,5-6,9H2,1-2H3,(H,17,18)/t10-,11+,14+/m1/s1. The normalized spacial score (nSPS) is 27.8. The Balaban J connectivity index is 2.05. The van der Waals surface area contributed by atoms with Crippen molar-refractivity contribution in [3.63, 3.8) is 0 Å². The highest BCUT2D eigenvalue weighted by atomic mass is 79.9. The number of rotatable bonds is 2. The van der Waals surface area contributed by atoms with Gasteiger partial charge in [-0.2, -0.15) is 0 Å². The summed E-state index contributed by atoms with van der Waals surface area (Å²) in [6.45, 7) is 4.52. The third-order valence-corrected chi connectivity index (χ3v) is 4.83. The Hall–Kier alpha value is -0.830. The van der Waals surface area contributed by atoms with Gasteiger partial charge in [0.25, 0.3) is 5.91 Å². The molecule has 0 heterocycles. The largest absolute Gasteiger partial charge is 0.349 e. The Kier molecular flexibility index (Phi) is 4.44. The summed E-state index contributed by atoms with van der Waals surface area (Å²) in [6, 6.07) is 7.89. The zero-order chi connectivity index (χ0) is 13.1. The van der Waals surface area contributed by atoms with E-state index in [1.165, 1.54) is 12.8 Å². The molecule has 1 fully saturated rings. The first-order chi connectivity index (χ1) is 8.59. The first-order valence-electron chi connectivity index (χ1n) is 6.65.